The maximum atomic E-state index is 13.3. The molecule has 2 nitrogen and oxygen atoms in total. The number of hydrogen-bond donors (Lipinski definition) is 0. The van der Waals surface area contributed by atoms with E-state index in [0.29, 0.717) is 18.0 Å². The van der Waals surface area contributed by atoms with Crippen molar-refractivity contribution in [3.05, 3.63) is 29.0 Å². The number of carbonyl (C=O) groups excluding carboxylic acids is 1. The van der Waals surface area contributed by atoms with Crippen molar-refractivity contribution in [2.75, 3.05) is 11.4 Å². The number of rotatable bonds is 1. The largest absolute Gasteiger partial charge is 0.368 e. The van der Waals surface area contributed by atoms with Gasteiger partial charge in [-0.15, -0.1) is 0 Å². The van der Waals surface area contributed by atoms with Gasteiger partial charge in [0.2, 0.25) is 0 Å². The first-order valence-electron chi connectivity index (χ1n) is 5.74. The summed E-state index contributed by atoms with van der Waals surface area (Å²) in [5.41, 5.74) is 0.752. The molecular formula is C13H15ClFNO. The van der Waals surface area contributed by atoms with Crippen LogP contribution in [0.1, 0.15) is 20.3 Å². The van der Waals surface area contributed by atoms with E-state index >= 15 is 0 Å². The second kappa shape index (κ2) is 4.65. The van der Waals surface area contributed by atoms with E-state index in [9.17, 15) is 9.18 Å². The molecule has 4 heteroatoms. The highest BCUT2D eigenvalue weighted by molar-refractivity contribution is 6.30. The van der Waals surface area contributed by atoms with Gasteiger partial charge in [-0.25, -0.2) is 4.39 Å². The lowest BCUT2D eigenvalue weighted by Gasteiger charge is -2.38. The molecule has 0 radical (unpaired) electrons. The summed E-state index contributed by atoms with van der Waals surface area (Å²) in [7, 11) is 0. The molecule has 0 aliphatic carbocycles. The number of hydrogen-bond acceptors (Lipinski definition) is 2. The van der Waals surface area contributed by atoms with Crippen molar-refractivity contribution in [2.45, 2.75) is 26.3 Å². The summed E-state index contributed by atoms with van der Waals surface area (Å²) in [6, 6.07) is 4.57. The van der Waals surface area contributed by atoms with E-state index in [2.05, 4.69) is 0 Å². The fourth-order valence-corrected chi connectivity index (χ4v) is 2.49. The van der Waals surface area contributed by atoms with Crippen LogP contribution in [0.15, 0.2) is 18.2 Å². The lowest BCUT2D eigenvalue weighted by molar-refractivity contribution is -0.123. The zero-order valence-corrected chi connectivity index (χ0v) is 10.7. The summed E-state index contributed by atoms with van der Waals surface area (Å²) in [5, 5.41) is 0.386. The number of nitrogens with zero attached hydrogens (tertiary/aromatic N) is 1. The van der Waals surface area contributed by atoms with Crippen molar-refractivity contribution in [1.82, 2.24) is 0 Å². The maximum Gasteiger partial charge on any atom is 0.139 e. The van der Waals surface area contributed by atoms with Crippen molar-refractivity contribution in [3.63, 3.8) is 0 Å². The molecule has 2 unspecified atom stereocenters. The average molecular weight is 256 g/mol. The first-order valence-corrected chi connectivity index (χ1v) is 6.12. The predicted octanol–water partition coefficient (Wildman–Crippen LogP) is 3.28. The SMILES string of the molecule is CC1C(=O)CCN(c2cc(F)cc(Cl)c2)C1C. The molecule has 1 aliphatic heterocycles. The van der Waals surface area contributed by atoms with E-state index in [1.54, 1.807) is 6.07 Å². The van der Waals surface area contributed by atoms with Gasteiger partial charge in [-0.2, -0.15) is 0 Å². The van der Waals surface area contributed by atoms with E-state index in [1.165, 1.54) is 12.1 Å². The van der Waals surface area contributed by atoms with Crippen LogP contribution in [0, 0.1) is 11.7 Å². The Bertz CT molecular complexity index is 429. The Morgan fingerprint density at radius 1 is 1.35 bits per heavy atom. The number of benzene rings is 1. The number of carbonyl (C=O) groups is 1. The smallest absolute Gasteiger partial charge is 0.139 e. The van der Waals surface area contributed by atoms with Gasteiger partial charge in [0.15, 0.2) is 0 Å². The normalized spacial score (nSPS) is 25.2. The standard InChI is InChI=1S/C13H15ClFNO/c1-8-9(2)16(4-3-13(8)17)12-6-10(14)5-11(15)7-12/h5-9H,3-4H2,1-2H3. The summed E-state index contributed by atoms with van der Waals surface area (Å²) in [6.07, 6.45) is 0.514. The van der Waals surface area contributed by atoms with Crippen molar-refractivity contribution < 1.29 is 9.18 Å². The monoisotopic (exact) mass is 255 g/mol. The Labute approximate surface area is 105 Å². The molecule has 0 aromatic heterocycles. The second-order valence-corrected chi connectivity index (χ2v) is 5.00. The molecule has 1 aliphatic rings. The van der Waals surface area contributed by atoms with Gasteiger partial charge in [-0.1, -0.05) is 18.5 Å². The summed E-state index contributed by atoms with van der Waals surface area (Å²) in [6.45, 7) is 4.53. The summed E-state index contributed by atoms with van der Waals surface area (Å²) < 4.78 is 13.3. The summed E-state index contributed by atoms with van der Waals surface area (Å²) in [5.74, 6) is -0.0914. The van der Waals surface area contributed by atoms with Crippen LogP contribution in [-0.4, -0.2) is 18.4 Å². The minimum atomic E-state index is -0.343. The van der Waals surface area contributed by atoms with Gasteiger partial charge in [-0.3, -0.25) is 4.79 Å². The molecule has 0 saturated carbocycles. The lowest BCUT2D eigenvalue weighted by atomic mass is 9.90. The van der Waals surface area contributed by atoms with Crippen molar-refractivity contribution in [2.24, 2.45) is 5.92 Å². The molecule has 17 heavy (non-hydrogen) atoms. The lowest BCUT2D eigenvalue weighted by Crippen LogP contribution is -2.47. The topological polar surface area (TPSA) is 20.3 Å². The molecule has 1 aromatic rings. The quantitative estimate of drug-likeness (QED) is 0.768. The zero-order valence-electron chi connectivity index (χ0n) is 9.91. The van der Waals surface area contributed by atoms with Gasteiger partial charge in [0.05, 0.1) is 0 Å². The van der Waals surface area contributed by atoms with Crippen LogP contribution in [0.4, 0.5) is 10.1 Å². The fourth-order valence-electron chi connectivity index (χ4n) is 2.27. The van der Waals surface area contributed by atoms with E-state index in [-0.39, 0.29) is 23.6 Å². The van der Waals surface area contributed by atoms with Gasteiger partial charge in [0, 0.05) is 35.6 Å². The molecule has 92 valence electrons. The van der Waals surface area contributed by atoms with E-state index < -0.39 is 0 Å². The molecular weight excluding hydrogens is 241 g/mol. The fraction of sp³-hybridized carbons (Fsp3) is 0.462. The molecule has 0 spiro atoms. The third kappa shape index (κ3) is 2.44. The molecule has 0 amide bonds. The van der Waals surface area contributed by atoms with Crippen molar-refractivity contribution >= 4 is 23.1 Å². The summed E-state index contributed by atoms with van der Waals surface area (Å²) >= 11 is 5.85. The van der Waals surface area contributed by atoms with Crippen LogP contribution in [0.2, 0.25) is 5.02 Å². The number of Topliss-reactive ketones (excluding diaryl/α,β-unsaturated/α-hetero) is 1. The van der Waals surface area contributed by atoms with Crippen molar-refractivity contribution in [3.8, 4) is 0 Å². The Hall–Kier alpha value is -1.09. The van der Waals surface area contributed by atoms with Crippen LogP contribution in [-0.2, 0) is 4.79 Å². The van der Waals surface area contributed by atoms with E-state index in [4.69, 9.17) is 11.6 Å². The van der Waals surface area contributed by atoms with Gasteiger partial charge < -0.3 is 4.90 Å². The van der Waals surface area contributed by atoms with Crippen LogP contribution in [0.25, 0.3) is 0 Å². The van der Waals surface area contributed by atoms with Gasteiger partial charge in [0.1, 0.15) is 11.6 Å². The molecule has 2 rings (SSSR count). The van der Waals surface area contributed by atoms with E-state index in [0.717, 1.165) is 5.69 Å². The van der Waals surface area contributed by atoms with Gasteiger partial charge >= 0.3 is 0 Å². The molecule has 1 heterocycles. The molecule has 1 fully saturated rings. The second-order valence-electron chi connectivity index (χ2n) is 4.57. The highest BCUT2D eigenvalue weighted by Crippen LogP contribution is 2.29. The molecule has 0 bridgehead atoms. The summed E-state index contributed by atoms with van der Waals surface area (Å²) in [4.78, 5) is 13.6. The number of ketones is 1. The molecule has 2 atom stereocenters. The molecule has 0 N–H and O–H groups in total. The van der Waals surface area contributed by atoms with Crippen LogP contribution in [0.5, 0.6) is 0 Å². The van der Waals surface area contributed by atoms with Gasteiger partial charge in [0.25, 0.3) is 0 Å². The minimum absolute atomic E-state index is 0.0224. The minimum Gasteiger partial charge on any atom is -0.368 e. The Balaban J connectivity index is 2.30. The highest BCUT2D eigenvalue weighted by Gasteiger charge is 2.31. The van der Waals surface area contributed by atoms with E-state index in [1.807, 2.05) is 18.7 Å². The van der Waals surface area contributed by atoms with Crippen LogP contribution < -0.4 is 4.90 Å². The van der Waals surface area contributed by atoms with Crippen molar-refractivity contribution in [1.29, 1.82) is 0 Å². The Morgan fingerprint density at radius 2 is 2.06 bits per heavy atom. The van der Waals surface area contributed by atoms with Gasteiger partial charge in [-0.05, 0) is 25.1 Å². The third-order valence-electron chi connectivity index (χ3n) is 3.50. The van der Waals surface area contributed by atoms with Crippen LogP contribution >= 0.6 is 11.6 Å². The number of anilines is 1. The average Bonchev–Trinajstić information content (AvgIpc) is 2.24. The maximum absolute atomic E-state index is 13.3. The highest BCUT2D eigenvalue weighted by atomic mass is 35.5. The first-order chi connectivity index (χ1) is 7.99. The first kappa shape index (κ1) is 12.4. The number of piperidine rings is 1. The molecule has 1 aromatic carbocycles. The Morgan fingerprint density at radius 3 is 2.71 bits per heavy atom. The number of halogens is 2. The predicted molar refractivity (Wildman–Crippen MR) is 67.0 cm³/mol. The van der Waals surface area contributed by atoms with Crippen LogP contribution in [0.3, 0.4) is 0 Å². The Kier molecular flexibility index (Phi) is 3.38. The molecule has 1 saturated heterocycles. The zero-order chi connectivity index (χ0) is 12.6. The third-order valence-corrected chi connectivity index (χ3v) is 3.72.